The summed E-state index contributed by atoms with van der Waals surface area (Å²) in [6.45, 7) is 0.178. The molecule has 0 bridgehead atoms. The van der Waals surface area contributed by atoms with E-state index in [-0.39, 0.29) is 6.92 Å². The molecule has 26 heavy (non-hydrogen) atoms. The summed E-state index contributed by atoms with van der Waals surface area (Å²) >= 11 is 0. The van der Waals surface area contributed by atoms with Crippen molar-refractivity contribution in [3.05, 3.63) is 23.3 Å². The van der Waals surface area contributed by atoms with E-state index in [2.05, 4.69) is 0 Å². The average molecular weight is 412 g/mol. The molecule has 0 amide bonds. The SMILES string of the molecule is CC(O)(C=C(C(F)(F)F)C(F)(F)F)CC(=O)C=C(C(F)(F)F)C(F)(F)F. The van der Waals surface area contributed by atoms with Gasteiger partial charge in [0.25, 0.3) is 0 Å². The van der Waals surface area contributed by atoms with Crippen molar-refractivity contribution in [3.63, 3.8) is 0 Å². The molecule has 0 aliphatic carbocycles. The van der Waals surface area contributed by atoms with E-state index in [0.717, 1.165) is 0 Å². The molecule has 0 heterocycles. The van der Waals surface area contributed by atoms with Gasteiger partial charge in [0, 0.05) is 6.42 Å². The molecule has 0 aromatic carbocycles. The maximum Gasteiger partial charge on any atom is 0.421 e. The molecule has 0 aliphatic rings. The molecular formula is C12H8F12O2. The minimum absolute atomic E-state index is 0.178. The molecule has 0 spiro atoms. The first-order valence-corrected chi connectivity index (χ1v) is 6.06. The summed E-state index contributed by atoms with van der Waals surface area (Å²) in [5.74, 6) is -2.19. The van der Waals surface area contributed by atoms with E-state index >= 15 is 0 Å². The highest BCUT2D eigenvalue weighted by Crippen LogP contribution is 2.41. The molecule has 1 unspecified atom stereocenters. The molecule has 0 aliphatic heterocycles. The molecule has 0 rings (SSSR count). The number of ketones is 1. The number of allylic oxidation sites excluding steroid dienone is 3. The lowest BCUT2D eigenvalue weighted by Crippen LogP contribution is -2.33. The van der Waals surface area contributed by atoms with Gasteiger partial charge in [-0.1, -0.05) is 0 Å². The minimum Gasteiger partial charge on any atom is -0.386 e. The molecule has 0 aromatic rings. The molecule has 2 nitrogen and oxygen atoms in total. The summed E-state index contributed by atoms with van der Waals surface area (Å²) in [6, 6.07) is 0. The quantitative estimate of drug-likeness (QED) is 0.409. The Hall–Kier alpha value is -1.73. The van der Waals surface area contributed by atoms with Crippen LogP contribution in [0.15, 0.2) is 23.3 Å². The molecule has 1 N–H and O–H groups in total. The van der Waals surface area contributed by atoms with Crippen molar-refractivity contribution in [1.82, 2.24) is 0 Å². The Labute approximate surface area is 136 Å². The van der Waals surface area contributed by atoms with E-state index < -0.39 is 65.8 Å². The zero-order valence-corrected chi connectivity index (χ0v) is 12.3. The number of halogens is 12. The zero-order valence-electron chi connectivity index (χ0n) is 12.3. The van der Waals surface area contributed by atoms with Gasteiger partial charge in [-0.05, 0) is 19.1 Å². The van der Waals surface area contributed by atoms with Gasteiger partial charge in [0.15, 0.2) is 5.78 Å². The second-order valence-electron chi connectivity index (χ2n) is 5.11. The van der Waals surface area contributed by atoms with Gasteiger partial charge < -0.3 is 5.11 Å². The van der Waals surface area contributed by atoms with Gasteiger partial charge in [0.2, 0.25) is 0 Å². The molecular weight excluding hydrogens is 404 g/mol. The number of rotatable bonds is 4. The molecule has 0 saturated carbocycles. The maximum absolute atomic E-state index is 12.3. The van der Waals surface area contributed by atoms with E-state index in [0.29, 0.717) is 0 Å². The lowest BCUT2D eigenvalue weighted by atomic mass is 9.95. The lowest BCUT2D eigenvalue weighted by Gasteiger charge is -2.23. The first kappa shape index (κ1) is 24.3. The molecule has 14 heteroatoms. The van der Waals surface area contributed by atoms with Crippen LogP contribution < -0.4 is 0 Å². The van der Waals surface area contributed by atoms with Gasteiger partial charge >= 0.3 is 24.7 Å². The number of alkyl halides is 12. The van der Waals surface area contributed by atoms with Crippen LogP contribution in [-0.4, -0.2) is 41.2 Å². The van der Waals surface area contributed by atoms with Crippen LogP contribution in [0.5, 0.6) is 0 Å². The molecule has 0 radical (unpaired) electrons. The monoisotopic (exact) mass is 412 g/mol. The van der Waals surface area contributed by atoms with Crippen molar-refractivity contribution in [2.24, 2.45) is 0 Å². The lowest BCUT2D eigenvalue weighted by molar-refractivity contribution is -0.174. The van der Waals surface area contributed by atoms with E-state index in [1.165, 1.54) is 0 Å². The van der Waals surface area contributed by atoms with Gasteiger partial charge in [0.05, 0.1) is 5.60 Å². The van der Waals surface area contributed by atoms with E-state index in [1.807, 2.05) is 0 Å². The third-order valence-corrected chi connectivity index (χ3v) is 2.51. The smallest absolute Gasteiger partial charge is 0.386 e. The van der Waals surface area contributed by atoms with Gasteiger partial charge in [-0.3, -0.25) is 4.79 Å². The van der Waals surface area contributed by atoms with Crippen LogP contribution in [0.1, 0.15) is 13.3 Å². The summed E-state index contributed by atoms with van der Waals surface area (Å²) in [7, 11) is 0. The van der Waals surface area contributed by atoms with Crippen molar-refractivity contribution in [2.75, 3.05) is 0 Å². The van der Waals surface area contributed by atoms with Crippen LogP contribution >= 0.6 is 0 Å². The number of carbonyl (C=O) groups excluding carboxylic acids is 1. The molecule has 0 aromatic heterocycles. The van der Waals surface area contributed by atoms with Crippen LogP contribution in [0.4, 0.5) is 52.7 Å². The predicted octanol–water partition coefficient (Wildman–Crippen LogP) is 4.80. The van der Waals surface area contributed by atoms with Gasteiger partial charge in [-0.15, -0.1) is 0 Å². The Morgan fingerprint density at radius 2 is 1.04 bits per heavy atom. The highest BCUT2D eigenvalue weighted by Gasteiger charge is 2.53. The minimum atomic E-state index is -6.07. The molecule has 1 atom stereocenters. The zero-order chi connectivity index (χ0) is 21.4. The van der Waals surface area contributed by atoms with Gasteiger partial charge in [-0.25, -0.2) is 0 Å². The van der Waals surface area contributed by atoms with Crippen LogP contribution in [0, 0.1) is 0 Å². The number of aliphatic hydroxyl groups is 1. The fourth-order valence-corrected chi connectivity index (χ4v) is 1.58. The van der Waals surface area contributed by atoms with Crippen LogP contribution in [0.3, 0.4) is 0 Å². The highest BCUT2D eigenvalue weighted by molar-refractivity contribution is 5.91. The number of carbonyl (C=O) groups is 1. The Kier molecular flexibility index (Phi) is 6.64. The van der Waals surface area contributed by atoms with Crippen molar-refractivity contribution < 1.29 is 62.6 Å². The van der Waals surface area contributed by atoms with Crippen LogP contribution in [-0.2, 0) is 4.79 Å². The largest absolute Gasteiger partial charge is 0.421 e. The Morgan fingerprint density at radius 3 is 1.31 bits per heavy atom. The molecule has 152 valence electrons. The average Bonchev–Trinajstić information content (AvgIpc) is 2.27. The standard InChI is InChI=1S/C12H8F12O2/c1-8(26,4-7(11(19,20)21)12(22,23)24)3-5(25)2-6(9(13,14)15)10(16,17)18/h2,4,26H,3H2,1H3. The third kappa shape index (κ3) is 7.66. The summed E-state index contributed by atoms with van der Waals surface area (Å²) in [5.41, 5.74) is -9.95. The Morgan fingerprint density at radius 1 is 0.731 bits per heavy atom. The fraction of sp³-hybridized carbons (Fsp3) is 0.583. The summed E-state index contributed by atoms with van der Waals surface area (Å²) in [4.78, 5) is 11.2. The Bertz CT molecular complexity index is 551. The van der Waals surface area contributed by atoms with E-state index in [9.17, 15) is 62.6 Å². The second kappa shape index (κ2) is 7.12. The number of hydrogen-bond donors (Lipinski definition) is 1. The second-order valence-corrected chi connectivity index (χ2v) is 5.11. The Balaban J connectivity index is 5.84. The summed E-state index contributed by atoms with van der Waals surface area (Å²) < 4.78 is 147. The van der Waals surface area contributed by atoms with Crippen molar-refractivity contribution in [1.29, 1.82) is 0 Å². The molecule has 0 fully saturated rings. The normalized spacial score (nSPS) is 15.9. The maximum atomic E-state index is 12.3. The van der Waals surface area contributed by atoms with Gasteiger partial charge in [-0.2, -0.15) is 52.7 Å². The summed E-state index contributed by atoms with van der Waals surface area (Å²) in [6.07, 6.45) is -28.1. The van der Waals surface area contributed by atoms with Gasteiger partial charge in [0.1, 0.15) is 11.1 Å². The van der Waals surface area contributed by atoms with Crippen molar-refractivity contribution in [3.8, 4) is 0 Å². The predicted molar refractivity (Wildman–Crippen MR) is 60.6 cm³/mol. The number of hydrogen-bond acceptors (Lipinski definition) is 2. The fourth-order valence-electron chi connectivity index (χ4n) is 1.58. The van der Waals surface area contributed by atoms with Crippen LogP contribution in [0.25, 0.3) is 0 Å². The van der Waals surface area contributed by atoms with E-state index in [1.54, 1.807) is 0 Å². The topological polar surface area (TPSA) is 37.3 Å². The van der Waals surface area contributed by atoms with Crippen molar-refractivity contribution in [2.45, 2.75) is 43.7 Å². The third-order valence-electron chi connectivity index (χ3n) is 2.51. The highest BCUT2D eigenvalue weighted by atomic mass is 19.4. The first-order chi connectivity index (χ1) is 11.1. The summed E-state index contributed by atoms with van der Waals surface area (Å²) in [5, 5.41) is 9.41. The molecule has 0 saturated heterocycles. The van der Waals surface area contributed by atoms with Crippen LogP contribution in [0.2, 0.25) is 0 Å². The van der Waals surface area contributed by atoms with E-state index in [4.69, 9.17) is 0 Å². The first-order valence-electron chi connectivity index (χ1n) is 6.06. The van der Waals surface area contributed by atoms with Crippen molar-refractivity contribution >= 4 is 5.78 Å².